The molecule has 0 saturated carbocycles. The first-order chi connectivity index (χ1) is 9.50. The van der Waals surface area contributed by atoms with E-state index in [4.69, 9.17) is 11.6 Å². The van der Waals surface area contributed by atoms with Gasteiger partial charge >= 0.3 is 5.97 Å². The van der Waals surface area contributed by atoms with Gasteiger partial charge in [0.25, 0.3) is 0 Å². The molecule has 0 unspecified atom stereocenters. The summed E-state index contributed by atoms with van der Waals surface area (Å²) in [6, 6.07) is 5.56. The molecule has 0 bridgehead atoms. The van der Waals surface area contributed by atoms with Gasteiger partial charge in [0.15, 0.2) is 0 Å². The monoisotopic (exact) mass is 289 g/mol. The summed E-state index contributed by atoms with van der Waals surface area (Å²) in [6.45, 7) is 1.89. The van der Waals surface area contributed by atoms with E-state index in [-0.39, 0.29) is 5.56 Å². The Kier molecular flexibility index (Phi) is 2.79. The summed E-state index contributed by atoms with van der Waals surface area (Å²) in [5.74, 6) is -0.996. The number of aromatic nitrogens is 3. The maximum atomic E-state index is 11.4. The minimum absolute atomic E-state index is 0.177. The number of aromatic carboxylic acids is 1. The number of H-pyrrole nitrogens is 1. The van der Waals surface area contributed by atoms with Crippen LogP contribution in [0.25, 0.3) is 22.2 Å². The van der Waals surface area contributed by atoms with Crippen LogP contribution in [0.2, 0.25) is 5.02 Å². The predicted molar refractivity (Wildman–Crippen MR) is 77.2 cm³/mol. The molecule has 0 atom stereocenters. The zero-order valence-corrected chi connectivity index (χ0v) is 11.7. The number of aryl methyl sites for hydroxylation is 2. The molecule has 0 fully saturated rings. The Bertz CT molecular complexity index is 832. The number of halogens is 1. The molecular weight excluding hydrogens is 278 g/mol. The van der Waals surface area contributed by atoms with E-state index >= 15 is 0 Å². The van der Waals surface area contributed by atoms with Gasteiger partial charge in [-0.05, 0) is 13.0 Å². The molecule has 0 aliphatic heterocycles. The molecule has 102 valence electrons. The molecule has 3 aromatic rings. The number of carboxylic acids is 1. The largest absolute Gasteiger partial charge is 0.478 e. The minimum atomic E-state index is -0.996. The molecule has 3 rings (SSSR count). The fraction of sp³-hybridized carbons (Fsp3) is 0.143. The molecule has 0 aliphatic carbocycles. The lowest BCUT2D eigenvalue weighted by atomic mass is 10.0. The van der Waals surface area contributed by atoms with Crippen molar-refractivity contribution in [2.24, 2.45) is 7.05 Å². The molecule has 6 heteroatoms. The highest BCUT2D eigenvalue weighted by Gasteiger charge is 2.22. The van der Waals surface area contributed by atoms with Crippen LogP contribution >= 0.6 is 11.6 Å². The van der Waals surface area contributed by atoms with Gasteiger partial charge in [0.2, 0.25) is 0 Å². The summed E-state index contributed by atoms with van der Waals surface area (Å²) in [5.41, 5.74) is 3.23. The van der Waals surface area contributed by atoms with Gasteiger partial charge in [-0.3, -0.25) is 4.68 Å². The second-order valence-electron chi connectivity index (χ2n) is 4.62. The lowest BCUT2D eigenvalue weighted by molar-refractivity contribution is 0.0697. The number of hydrogen-bond donors (Lipinski definition) is 2. The van der Waals surface area contributed by atoms with Gasteiger partial charge in [-0.15, -0.1) is 0 Å². The number of benzene rings is 1. The van der Waals surface area contributed by atoms with Crippen molar-refractivity contribution >= 4 is 28.5 Å². The van der Waals surface area contributed by atoms with E-state index in [1.807, 2.05) is 19.1 Å². The van der Waals surface area contributed by atoms with E-state index in [9.17, 15) is 9.90 Å². The van der Waals surface area contributed by atoms with E-state index in [0.29, 0.717) is 10.7 Å². The topological polar surface area (TPSA) is 70.9 Å². The van der Waals surface area contributed by atoms with Gasteiger partial charge in [0.05, 0.1) is 22.4 Å². The summed E-state index contributed by atoms with van der Waals surface area (Å²) in [4.78, 5) is 14.6. The minimum Gasteiger partial charge on any atom is -0.478 e. The van der Waals surface area contributed by atoms with Crippen molar-refractivity contribution in [2.75, 3.05) is 0 Å². The number of nitrogens with zero attached hydrogens (tertiary/aromatic N) is 2. The van der Waals surface area contributed by atoms with Crippen molar-refractivity contribution in [1.29, 1.82) is 0 Å². The maximum absolute atomic E-state index is 11.4. The summed E-state index contributed by atoms with van der Waals surface area (Å²) in [6.07, 6.45) is 1.36. The van der Waals surface area contributed by atoms with Crippen molar-refractivity contribution in [2.45, 2.75) is 6.92 Å². The molecule has 0 spiro atoms. The third kappa shape index (κ3) is 1.71. The Morgan fingerprint density at radius 1 is 1.45 bits per heavy atom. The second-order valence-corrected chi connectivity index (χ2v) is 5.03. The van der Waals surface area contributed by atoms with Crippen LogP contribution in [0.3, 0.4) is 0 Å². The van der Waals surface area contributed by atoms with Crippen LogP contribution in [0.5, 0.6) is 0 Å². The van der Waals surface area contributed by atoms with Crippen molar-refractivity contribution in [1.82, 2.24) is 14.8 Å². The van der Waals surface area contributed by atoms with Crippen molar-refractivity contribution in [3.63, 3.8) is 0 Å². The number of nitrogens with one attached hydrogen (secondary N) is 1. The Hall–Kier alpha value is -2.27. The fourth-order valence-electron chi connectivity index (χ4n) is 2.51. The molecule has 20 heavy (non-hydrogen) atoms. The number of carboxylic acid groups (broad SMARTS) is 1. The SMILES string of the molecule is Cc1[nH]c2c(Cl)cccc2c1-c1c(C(=O)O)cnn1C. The summed E-state index contributed by atoms with van der Waals surface area (Å²) in [7, 11) is 1.73. The third-order valence-electron chi connectivity index (χ3n) is 3.38. The molecule has 1 aromatic carbocycles. The van der Waals surface area contributed by atoms with E-state index < -0.39 is 5.97 Å². The number of fused-ring (bicyclic) bond motifs is 1. The molecular formula is C14H12ClN3O2. The van der Waals surface area contributed by atoms with Crippen LogP contribution in [0, 0.1) is 6.92 Å². The van der Waals surface area contributed by atoms with Crippen molar-refractivity contribution in [3.8, 4) is 11.3 Å². The van der Waals surface area contributed by atoms with Gasteiger partial charge in [-0.2, -0.15) is 5.10 Å². The smallest absolute Gasteiger partial charge is 0.339 e. The second kappa shape index (κ2) is 4.38. The van der Waals surface area contributed by atoms with Gasteiger partial charge in [-0.1, -0.05) is 23.7 Å². The maximum Gasteiger partial charge on any atom is 0.339 e. The zero-order chi connectivity index (χ0) is 14.4. The van der Waals surface area contributed by atoms with E-state index in [2.05, 4.69) is 10.1 Å². The van der Waals surface area contributed by atoms with Crippen LogP contribution in [-0.4, -0.2) is 25.8 Å². The highest BCUT2D eigenvalue weighted by atomic mass is 35.5. The molecule has 2 aromatic heterocycles. The third-order valence-corrected chi connectivity index (χ3v) is 3.69. The van der Waals surface area contributed by atoms with Crippen LogP contribution in [0.15, 0.2) is 24.4 Å². The molecule has 2 heterocycles. The number of aromatic amines is 1. The summed E-state index contributed by atoms with van der Waals surface area (Å²) < 4.78 is 1.57. The quantitative estimate of drug-likeness (QED) is 0.761. The van der Waals surface area contributed by atoms with Crippen LogP contribution in [0.4, 0.5) is 0 Å². The Labute approximate surface area is 119 Å². The molecule has 0 radical (unpaired) electrons. The standard InChI is InChI=1S/C14H12ClN3O2/c1-7-11(8-4-3-5-10(15)12(8)17-7)13-9(14(19)20)6-16-18(13)2/h3-6,17H,1-2H3,(H,19,20). The lowest BCUT2D eigenvalue weighted by Crippen LogP contribution is -2.01. The normalized spacial score (nSPS) is 11.2. The predicted octanol–water partition coefficient (Wildman–Crippen LogP) is 3.23. The fourth-order valence-corrected chi connectivity index (χ4v) is 2.73. The molecule has 0 saturated heterocycles. The number of para-hydroxylation sites is 1. The number of rotatable bonds is 2. The van der Waals surface area contributed by atoms with E-state index in [1.54, 1.807) is 17.8 Å². The lowest BCUT2D eigenvalue weighted by Gasteiger charge is -2.04. The Morgan fingerprint density at radius 2 is 2.20 bits per heavy atom. The first kappa shape index (κ1) is 12.7. The highest BCUT2D eigenvalue weighted by molar-refractivity contribution is 6.35. The van der Waals surface area contributed by atoms with E-state index in [1.165, 1.54) is 6.20 Å². The molecule has 5 nitrogen and oxygen atoms in total. The van der Waals surface area contributed by atoms with Gasteiger partial charge in [0.1, 0.15) is 5.56 Å². The first-order valence-electron chi connectivity index (χ1n) is 6.03. The Morgan fingerprint density at radius 3 is 2.90 bits per heavy atom. The zero-order valence-electron chi connectivity index (χ0n) is 10.9. The first-order valence-corrected chi connectivity index (χ1v) is 6.41. The number of hydrogen-bond acceptors (Lipinski definition) is 2. The van der Waals surface area contributed by atoms with Gasteiger partial charge in [0, 0.05) is 23.7 Å². The van der Waals surface area contributed by atoms with Crippen molar-refractivity contribution < 1.29 is 9.90 Å². The average molecular weight is 290 g/mol. The molecule has 0 amide bonds. The van der Waals surface area contributed by atoms with Gasteiger partial charge < -0.3 is 10.1 Å². The summed E-state index contributed by atoms with van der Waals surface area (Å²) >= 11 is 6.18. The molecule has 2 N–H and O–H groups in total. The van der Waals surface area contributed by atoms with Crippen molar-refractivity contribution in [3.05, 3.63) is 40.7 Å². The van der Waals surface area contributed by atoms with Crippen LogP contribution in [-0.2, 0) is 7.05 Å². The van der Waals surface area contributed by atoms with E-state index in [0.717, 1.165) is 22.2 Å². The van der Waals surface area contributed by atoms with Crippen LogP contribution < -0.4 is 0 Å². The molecule has 0 aliphatic rings. The van der Waals surface area contributed by atoms with Gasteiger partial charge in [-0.25, -0.2) is 4.79 Å². The average Bonchev–Trinajstić information content (AvgIpc) is 2.90. The summed E-state index contributed by atoms with van der Waals surface area (Å²) in [5, 5.41) is 14.9. The Balaban J connectivity index is 2.41. The number of carbonyl (C=O) groups is 1. The van der Waals surface area contributed by atoms with Crippen LogP contribution in [0.1, 0.15) is 16.1 Å². The highest BCUT2D eigenvalue weighted by Crippen LogP contribution is 2.36.